The monoisotopic (exact) mass is 286 g/mol. The topological polar surface area (TPSA) is 34.1 Å². The summed E-state index contributed by atoms with van der Waals surface area (Å²) in [6, 6.07) is 8.77. The molecule has 0 unspecified atom stereocenters. The quantitative estimate of drug-likeness (QED) is 0.921. The molecule has 1 aromatic heterocycles. The Balaban J connectivity index is 2.57. The highest BCUT2D eigenvalue weighted by atomic mass is 16.5. The van der Waals surface area contributed by atoms with Gasteiger partial charge in [-0.25, -0.2) is 0 Å². The standard InChI is InChI=1S/C18H26N2O/c1-12(2)19-11-13-9-17(18(3,4)5)20-16-8-7-14(21-6)10-15(13)16/h7-10,12,19H,11H2,1-6H3. The summed E-state index contributed by atoms with van der Waals surface area (Å²) < 4.78 is 5.35. The van der Waals surface area contributed by atoms with Gasteiger partial charge in [-0.05, 0) is 29.8 Å². The highest BCUT2D eigenvalue weighted by molar-refractivity contribution is 5.84. The number of hydrogen-bond donors (Lipinski definition) is 1. The third-order valence-corrected chi connectivity index (χ3v) is 3.57. The molecule has 0 fully saturated rings. The highest BCUT2D eigenvalue weighted by Gasteiger charge is 2.18. The van der Waals surface area contributed by atoms with Gasteiger partial charge in [0.2, 0.25) is 0 Å². The Morgan fingerprint density at radius 2 is 1.90 bits per heavy atom. The van der Waals surface area contributed by atoms with Crippen LogP contribution >= 0.6 is 0 Å². The second-order valence-electron chi connectivity index (χ2n) is 6.84. The van der Waals surface area contributed by atoms with Crippen molar-refractivity contribution >= 4 is 10.9 Å². The van der Waals surface area contributed by atoms with Crippen LogP contribution in [0.2, 0.25) is 0 Å². The predicted molar refractivity (Wildman–Crippen MR) is 89.0 cm³/mol. The molecule has 0 saturated carbocycles. The Bertz CT molecular complexity index is 627. The molecule has 0 radical (unpaired) electrons. The second-order valence-corrected chi connectivity index (χ2v) is 6.84. The summed E-state index contributed by atoms with van der Waals surface area (Å²) in [6.45, 7) is 11.8. The third kappa shape index (κ3) is 3.73. The molecule has 1 aromatic carbocycles. The lowest BCUT2D eigenvalue weighted by molar-refractivity contribution is 0.415. The van der Waals surface area contributed by atoms with Crippen LogP contribution in [0.3, 0.4) is 0 Å². The zero-order valence-corrected chi connectivity index (χ0v) is 13.9. The van der Waals surface area contributed by atoms with E-state index in [0.29, 0.717) is 6.04 Å². The van der Waals surface area contributed by atoms with Crippen molar-refractivity contribution < 1.29 is 4.74 Å². The van der Waals surface area contributed by atoms with E-state index < -0.39 is 0 Å². The van der Waals surface area contributed by atoms with E-state index in [1.165, 1.54) is 5.56 Å². The van der Waals surface area contributed by atoms with Crippen LogP contribution in [0, 0.1) is 0 Å². The van der Waals surface area contributed by atoms with Crippen LogP contribution in [0.1, 0.15) is 45.9 Å². The van der Waals surface area contributed by atoms with Crippen molar-refractivity contribution in [2.24, 2.45) is 0 Å². The summed E-state index contributed by atoms with van der Waals surface area (Å²) in [5.74, 6) is 0.874. The SMILES string of the molecule is COc1ccc2nc(C(C)(C)C)cc(CNC(C)C)c2c1. The number of benzene rings is 1. The van der Waals surface area contributed by atoms with Crippen LogP contribution in [-0.4, -0.2) is 18.1 Å². The van der Waals surface area contributed by atoms with Crippen LogP contribution in [0.4, 0.5) is 0 Å². The summed E-state index contributed by atoms with van der Waals surface area (Å²) in [7, 11) is 1.70. The molecular formula is C18H26N2O. The van der Waals surface area contributed by atoms with Crippen molar-refractivity contribution in [3.8, 4) is 5.75 Å². The average molecular weight is 286 g/mol. The first-order valence-corrected chi connectivity index (χ1v) is 7.53. The lowest BCUT2D eigenvalue weighted by Gasteiger charge is -2.21. The van der Waals surface area contributed by atoms with Gasteiger partial charge in [-0.3, -0.25) is 4.98 Å². The molecular weight excluding hydrogens is 260 g/mol. The Labute approximate surface area is 127 Å². The van der Waals surface area contributed by atoms with Crippen LogP contribution < -0.4 is 10.1 Å². The number of rotatable bonds is 4. The fraction of sp³-hybridized carbons (Fsp3) is 0.500. The zero-order valence-electron chi connectivity index (χ0n) is 13.9. The third-order valence-electron chi connectivity index (χ3n) is 3.57. The van der Waals surface area contributed by atoms with Crippen LogP contribution in [0.5, 0.6) is 5.75 Å². The first-order valence-electron chi connectivity index (χ1n) is 7.53. The van der Waals surface area contributed by atoms with Crippen molar-refractivity contribution in [1.82, 2.24) is 10.3 Å². The van der Waals surface area contributed by atoms with Gasteiger partial charge in [0.15, 0.2) is 0 Å². The molecule has 0 atom stereocenters. The molecule has 2 rings (SSSR count). The van der Waals surface area contributed by atoms with Gasteiger partial charge in [-0.1, -0.05) is 34.6 Å². The molecule has 21 heavy (non-hydrogen) atoms. The van der Waals surface area contributed by atoms with Crippen molar-refractivity contribution in [3.05, 3.63) is 35.5 Å². The molecule has 1 N–H and O–H groups in total. The Morgan fingerprint density at radius 3 is 2.48 bits per heavy atom. The Morgan fingerprint density at radius 1 is 1.19 bits per heavy atom. The lowest BCUT2D eigenvalue weighted by Crippen LogP contribution is -2.23. The number of fused-ring (bicyclic) bond motifs is 1. The van der Waals surface area contributed by atoms with E-state index in [1.54, 1.807) is 7.11 Å². The van der Waals surface area contributed by atoms with Gasteiger partial charge in [0, 0.05) is 29.1 Å². The van der Waals surface area contributed by atoms with Gasteiger partial charge in [0.25, 0.3) is 0 Å². The van der Waals surface area contributed by atoms with E-state index >= 15 is 0 Å². The number of nitrogens with one attached hydrogen (secondary N) is 1. The van der Waals surface area contributed by atoms with E-state index in [9.17, 15) is 0 Å². The predicted octanol–water partition coefficient (Wildman–Crippen LogP) is 4.04. The van der Waals surface area contributed by atoms with Crippen molar-refractivity contribution in [1.29, 1.82) is 0 Å². The summed E-state index contributed by atoms with van der Waals surface area (Å²) in [4.78, 5) is 4.83. The Hall–Kier alpha value is -1.61. The van der Waals surface area contributed by atoms with Crippen molar-refractivity contribution in [2.75, 3.05) is 7.11 Å². The van der Waals surface area contributed by atoms with Gasteiger partial charge in [0.05, 0.1) is 12.6 Å². The molecule has 0 spiro atoms. The first-order chi connectivity index (χ1) is 9.81. The fourth-order valence-corrected chi connectivity index (χ4v) is 2.25. The summed E-state index contributed by atoms with van der Waals surface area (Å²) in [5.41, 5.74) is 3.47. The number of nitrogens with zero attached hydrogens (tertiary/aromatic N) is 1. The van der Waals surface area contributed by atoms with E-state index in [0.717, 1.165) is 28.9 Å². The lowest BCUT2D eigenvalue weighted by atomic mass is 9.89. The van der Waals surface area contributed by atoms with Crippen LogP contribution in [0.25, 0.3) is 10.9 Å². The molecule has 114 valence electrons. The van der Waals surface area contributed by atoms with Gasteiger partial charge in [-0.2, -0.15) is 0 Å². The summed E-state index contributed by atoms with van der Waals surface area (Å²) in [6.07, 6.45) is 0. The normalized spacial score (nSPS) is 12.1. The van der Waals surface area contributed by atoms with Gasteiger partial charge in [-0.15, -0.1) is 0 Å². The minimum Gasteiger partial charge on any atom is -0.497 e. The fourth-order valence-electron chi connectivity index (χ4n) is 2.25. The number of pyridine rings is 1. The molecule has 2 aromatic rings. The zero-order chi connectivity index (χ0) is 15.6. The molecule has 0 aliphatic carbocycles. The maximum absolute atomic E-state index is 5.35. The van der Waals surface area contributed by atoms with Gasteiger partial charge < -0.3 is 10.1 Å². The van der Waals surface area contributed by atoms with Crippen molar-refractivity contribution in [2.45, 2.75) is 52.6 Å². The summed E-state index contributed by atoms with van der Waals surface area (Å²) >= 11 is 0. The molecule has 3 nitrogen and oxygen atoms in total. The number of hydrogen-bond acceptors (Lipinski definition) is 3. The van der Waals surface area contributed by atoms with Gasteiger partial charge in [0.1, 0.15) is 5.75 Å². The van der Waals surface area contributed by atoms with E-state index in [-0.39, 0.29) is 5.41 Å². The minimum absolute atomic E-state index is 0.0424. The minimum atomic E-state index is 0.0424. The average Bonchev–Trinajstić information content (AvgIpc) is 2.42. The maximum atomic E-state index is 5.35. The smallest absolute Gasteiger partial charge is 0.119 e. The highest BCUT2D eigenvalue weighted by Crippen LogP contribution is 2.28. The molecule has 1 heterocycles. The molecule has 3 heteroatoms. The number of methoxy groups -OCH3 is 1. The van der Waals surface area contributed by atoms with Gasteiger partial charge >= 0.3 is 0 Å². The number of ether oxygens (including phenoxy) is 1. The molecule has 0 amide bonds. The molecule has 0 bridgehead atoms. The van der Waals surface area contributed by atoms with E-state index in [2.05, 4.69) is 52.1 Å². The molecule has 0 aliphatic heterocycles. The molecule has 0 saturated heterocycles. The largest absolute Gasteiger partial charge is 0.497 e. The second kappa shape index (κ2) is 6.02. The van der Waals surface area contributed by atoms with E-state index in [1.807, 2.05) is 12.1 Å². The molecule has 0 aliphatic rings. The van der Waals surface area contributed by atoms with E-state index in [4.69, 9.17) is 9.72 Å². The Kier molecular flexibility index (Phi) is 4.52. The number of aromatic nitrogens is 1. The van der Waals surface area contributed by atoms with Crippen LogP contribution in [-0.2, 0) is 12.0 Å². The summed E-state index contributed by atoms with van der Waals surface area (Å²) in [5, 5.41) is 4.66. The van der Waals surface area contributed by atoms with Crippen LogP contribution in [0.15, 0.2) is 24.3 Å². The van der Waals surface area contributed by atoms with Crippen molar-refractivity contribution in [3.63, 3.8) is 0 Å². The first kappa shape index (κ1) is 15.8. The maximum Gasteiger partial charge on any atom is 0.119 e.